The van der Waals surface area contributed by atoms with Crippen molar-refractivity contribution in [3.05, 3.63) is 48.0 Å². The zero-order chi connectivity index (χ0) is 15.1. The average molecular weight is 303 g/mol. The van der Waals surface area contributed by atoms with Gasteiger partial charge in [-0.05, 0) is 37.1 Å². The maximum absolute atomic E-state index is 12.5. The molecule has 3 nitrogen and oxygen atoms in total. The van der Waals surface area contributed by atoms with Gasteiger partial charge in [0.05, 0.1) is 28.9 Å². The molecule has 112 valence electrons. The summed E-state index contributed by atoms with van der Waals surface area (Å²) in [6, 6.07) is 14.6. The molecule has 0 radical (unpaired) electrons. The van der Waals surface area contributed by atoms with Gasteiger partial charge in [-0.15, -0.1) is 0 Å². The van der Waals surface area contributed by atoms with E-state index in [0.29, 0.717) is 13.2 Å². The molecule has 2 aromatic carbocycles. The molecule has 0 aromatic heterocycles. The van der Waals surface area contributed by atoms with Gasteiger partial charge in [0.15, 0.2) is 0 Å². The molecular weight excluding hydrogens is 282 g/mol. The minimum absolute atomic E-state index is 0.298. The predicted octanol–water partition coefficient (Wildman–Crippen LogP) is 3.12. The van der Waals surface area contributed by atoms with Gasteiger partial charge in [-0.1, -0.05) is 42.5 Å². The second-order valence-electron chi connectivity index (χ2n) is 6.58. The summed E-state index contributed by atoms with van der Waals surface area (Å²) in [6.45, 7) is 7.05. The third-order valence-corrected chi connectivity index (χ3v) is 5.53. The van der Waals surface area contributed by atoms with Gasteiger partial charge in [0.1, 0.15) is 5.54 Å². The Kier molecular flexibility index (Phi) is 3.64. The Hall–Kier alpha value is -1.23. The fraction of sp³-hybridized carbons (Fsp3) is 0.412. The van der Waals surface area contributed by atoms with E-state index in [1.54, 1.807) is 0 Å². The SMILES string of the molecule is CC(C)(C)S(=O)NC1(c2cccc3ccccc23)COC1. The number of benzene rings is 2. The minimum atomic E-state index is -1.13. The highest BCUT2D eigenvalue weighted by Crippen LogP contribution is 2.35. The molecule has 0 bridgehead atoms. The first-order chi connectivity index (χ1) is 9.92. The first kappa shape index (κ1) is 14.7. The van der Waals surface area contributed by atoms with E-state index in [4.69, 9.17) is 4.74 Å². The highest BCUT2D eigenvalue weighted by Gasteiger charge is 2.44. The molecule has 4 heteroatoms. The summed E-state index contributed by atoms with van der Waals surface area (Å²) in [5.41, 5.74) is 0.823. The third-order valence-electron chi connectivity index (χ3n) is 3.85. The van der Waals surface area contributed by atoms with Gasteiger partial charge in [0, 0.05) is 0 Å². The zero-order valence-corrected chi connectivity index (χ0v) is 13.5. The van der Waals surface area contributed by atoms with Crippen LogP contribution < -0.4 is 4.72 Å². The summed E-state index contributed by atoms with van der Waals surface area (Å²) in [7, 11) is -1.13. The molecule has 3 rings (SSSR count). The second kappa shape index (κ2) is 5.20. The smallest absolute Gasteiger partial charge is 0.103 e. The van der Waals surface area contributed by atoms with Gasteiger partial charge in [0.25, 0.3) is 0 Å². The van der Waals surface area contributed by atoms with Crippen LogP contribution in [0.5, 0.6) is 0 Å². The Morgan fingerprint density at radius 1 is 1.10 bits per heavy atom. The van der Waals surface area contributed by atoms with E-state index in [1.165, 1.54) is 16.3 Å². The van der Waals surface area contributed by atoms with Crippen molar-refractivity contribution < 1.29 is 8.95 Å². The molecular formula is C17H21NO2S. The number of fused-ring (bicyclic) bond motifs is 1. The van der Waals surface area contributed by atoms with Crippen LogP contribution in [0.15, 0.2) is 42.5 Å². The van der Waals surface area contributed by atoms with E-state index >= 15 is 0 Å². The zero-order valence-electron chi connectivity index (χ0n) is 12.7. The molecule has 0 saturated carbocycles. The van der Waals surface area contributed by atoms with Crippen LogP contribution in [0.3, 0.4) is 0 Å². The Balaban J connectivity index is 2.04. The van der Waals surface area contributed by atoms with Gasteiger partial charge in [-0.3, -0.25) is 0 Å². The van der Waals surface area contributed by atoms with Crippen LogP contribution in [-0.2, 0) is 21.3 Å². The Morgan fingerprint density at radius 2 is 1.76 bits per heavy atom. The molecule has 0 spiro atoms. The topological polar surface area (TPSA) is 38.3 Å². The number of nitrogens with one attached hydrogen (secondary N) is 1. The lowest BCUT2D eigenvalue weighted by Crippen LogP contribution is -2.60. The average Bonchev–Trinajstić information content (AvgIpc) is 2.41. The molecule has 0 amide bonds. The minimum Gasteiger partial charge on any atom is -0.377 e. The molecule has 1 heterocycles. The number of hydrogen-bond donors (Lipinski definition) is 1. The summed E-state index contributed by atoms with van der Waals surface area (Å²) in [4.78, 5) is 0. The maximum atomic E-state index is 12.5. The lowest BCUT2D eigenvalue weighted by Gasteiger charge is -2.44. The summed E-state index contributed by atoms with van der Waals surface area (Å²) in [5, 5.41) is 2.39. The third kappa shape index (κ3) is 2.63. The molecule has 21 heavy (non-hydrogen) atoms. The van der Waals surface area contributed by atoms with Crippen LogP contribution in [-0.4, -0.2) is 22.2 Å². The monoisotopic (exact) mass is 303 g/mol. The largest absolute Gasteiger partial charge is 0.377 e. The lowest BCUT2D eigenvalue weighted by atomic mass is 9.85. The molecule has 1 aliphatic rings. The van der Waals surface area contributed by atoms with Gasteiger partial charge < -0.3 is 4.74 Å². The molecule has 1 saturated heterocycles. The Morgan fingerprint density at radius 3 is 2.38 bits per heavy atom. The van der Waals surface area contributed by atoms with Gasteiger partial charge in [-0.2, -0.15) is 0 Å². The van der Waals surface area contributed by atoms with Crippen molar-refractivity contribution in [1.82, 2.24) is 4.72 Å². The summed E-state index contributed by atoms with van der Waals surface area (Å²) in [6.07, 6.45) is 0. The van der Waals surface area contributed by atoms with Gasteiger partial charge in [0.2, 0.25) is 0 Å². The molecule has 2 aromatic rings. The van der Waals surface area contributed by atoms with Crippen molar-refractivity contribution in [2.45, 2.75) is 31.1 Å². The Labute approximate surface area is 128 Å². The van der Waals surface area contributed by atoms with E-state index in [-0.39, 0.29) is 10.3 Å². The number of hydrogen-bond acceptors (Lipinski definition) is 2. The molecule has 1 fully saturated rings. The highest BCUT2D eigenvalue weighted by atomic mass is 32.2. The van der Waals surface area contributed by atoms with Crippen LogP contribution >= 0.6 is 0 Å². The van der Waals surface area contributed by atoms with Crippen LogP contribution in [0.25, 0.3) is 10.8 Å². The van der Waals surface area contributed by atoms with Crippen molar-refractivity contribution in [3.63, 3.8) is 0 Å². The predicted molar refractivity (Wildman–Crippen MR) is 87.5 cm³/mol. The van der Waals surface area contributed by atoms with Gasteiger partial charge in [-0.25, -0.2) is 8.93 Å². The normalized spacial score (nSPS) is 19.2. The quantitative estimate of drug-likeness (QED) is 0.946. The number of ether oxygens (including phenoxy) is 1. The molecule has 0 aliphatic carbocycles. The molecule has 1 unspecified atom stereocenters. The van der Waals surface area contributed by atoms with Gasteiger partial charge >= 0.3 is 0 Å². The number of rotatable bonds is 3. The van der Waals surface area contributed by atoms with Crippen molar-refractivity contribution in [3.8, 4) is 0 Å². The van der Waals surface area contributed by atoms with Crippen molar-refractivity contribution >= 4 is 21.8 Å². The Bertz CT molecular complexity index is 681. The van der Waals surface area contributed by atoms with Crippen molar-refractivity contribution in [2.75, 3.05) is 13.2 Å². The standard InChI is InChI=1S/C17H21NO2S/c1-16(2,3)21(19)18-17(11-20-12-17)15-10-6-8-13-7-4-5-9-14(13)15/h4-10,18H,11-12H2,1-3H3. The van der Waals surface area contributed by atoms with Crippen LogP contribution in [0.4, 0.5) is 0 Å². The molecule has 1 N–H and O–H groups in total. The lowest BCUT2D eigenvalue weighted by molar-refractivity contribution is -0.0652. The fourth-order valence-electron chi connectivity index (χ4n) is 2.55. The maximum Gasteiger partial charge on any atom is 0.103 e. The van der Waals surface area contributed by atoms with Crippen LogP contribution in [0.2, 0.25) is 0 Å². The van der Waals surface area contributed by atoms with E-state index in [2.05, 4.69) is 35.1 Å². The summed E-state index contributed by atoms with van der Waals surface area (Å²) in [5.74, 6) is 0. The van der Waals surface area contributed by atoms with E-state index < -0.39 is 11.0 Å². The van der Waals surface area contributed by atoms with Crippen LogP contribution in [0, 0.1) is 0 Å². The fourth-order valence-corrected chi connectivity index (χ4v) is 3.44. The van der Waals surface area contributed by atoms with E-state index in [1.807, 2.05) is 32.9 Å². The van der Waals surface area contributed by atoms with E-state index in [0.717, 1.165) is 0 Å². The van der Waals surface area contributed by atoms with Crippen LogP contribution in [0.1, 0.15) is 26.3 Å². The summed E-state index contributed by atoms with van der Waals surface area (Å²) >= 11 is 0. The van der Waals surface area contributed by atoms with Crippen molar-refractivity contribution in [2.24, 2.45) is 0 Å². The second-order valence-corrected chi connectivity index (χ2v) is 8.55. The first-order valence-electron chi connectivity index (χ1n) is 7.18. The van der Waals surface area contributed by atoms with Crippen molar-refractivity contribution in [1.29, 1.82) is 0 Å². The summed E-state index contributed by atoms with van der Waals surface area (Å²) < 4.78 is 21.0. The highest BCUT2D eigenvalue weighted by molar-refractivity contribution is 7.84. The molecule has 1 atom stereocenters. The molecule has 1 aliphatic heterocycles. The first-order valence-corrected chi connectivity index (χ1v) is 8.33. The van der Waals surface area contributed by atoms with E-state index in [9.17, 15) is 4.21 Å².